The van der Waals surface area contributed by atoms with Crippen molar-refractivity contribution in [1.82, 2.24) is 10.6 Å². The standard InChI is InChI=1S/C25H31N3O6/c1-25(2,3)34-24(32)28-19(15-21(26)29)22(30)27-20(14-17-10-6-4-7-11-17)23(31)33-16-18-12-8-5-9-13-18/h4-13,19-20H,14-16H2,1-3H3,(H2,26,29)(H,27,30)(H,28,32)/t19-,20-/m0/s1. The highest BCUT2D eigenvalue weighted by Gasteiger charge is 2.30. The highest BCUT2D eigenvalue weighted by atomic mass is 16.6. The third kappa shape index (κ3) is 9.72. The van der Waals surface area contributed by atoms with Crippen molar-refractivity contribution < 1.29 is 28.7 Å². The molecular formula is C25H31N3O6. The van der Waals surface area contributed by atoms with Crippen LogP contribution in [0.25, 0.3) is 0 Å². The van der Waals surface area contributed by atoms with Crippen LogP contribution >= 0.6 is 0 Å². The smallest absolute Gasteiger partial charge is 0.408 e. The van der Waals surface area contributed by atoms with Crippen LogP contribution < -0.4 is 16.4 Å². The summed E-state index contributed by atoms with van der Waals surface area (Å²) in [6, 6.07) is 15.8. The van der Waals surface area contributed by atoms with E-state index in [0.717, 1.165) is 11.1 Å². The van der Waals surface area contributed by atoms with Gasteiger partial charge < -0.3 is 25.8 Å². The second kappa shape index (κ2) is 12.4. The first-order valence-electron chi connectivity index (χ1n) is 10.9. The molecule has 34 heavy (non-hydrogen) atoms. The molecule has 0 spiro atoms. The largest absolute Gasteiger partial charge is 0.459 e. The van der Waals surface area contributed by atoms with Crippen molar-refractivity contribution in [1.29, 1.82) is 0 Å². The first-order chi connectivity index (χ1) is 16.0. The number of hydrogen-bond donors (Lipinski definition) is 3. The molecule has 0 radical (unpaired) electrons. The number of nitrogens with one attached hydrogen (secondary N) is 2. The maximum Gasteiger partial charge on any atom is 0.408 e. The molecule has 0 fully saturated rings. The minimum absolute atomic E-state index is 0.0295. The molecule has 2 atom stereocenters. The van der Waals surface area contributed by atoms with Crippen LogP contribution in [0.3, 0.4) is 0 Å². The summed E-state index contributed by atoms with van der Waals surface area (Å²) in [5.41, 5.74) is 6.03. The Labute approximate surface area is 199 Å². The predicted octanol–water partition coefficient (Wildman–Crippen LogP) is 2.23. The molecule has 3 amide bonds. The van der Waals surface area contributed by atoms with Crippen LogP contribution in [0.1, 0.15) is 38.3 Å². The zero-order valence-electron chi connectivity index (χ0n) is 19.6. The van der Waals surface area contributed by atoms with Gasteiger partial charge in [0.15, 0.2) is 0 Å². The molecule has 4 N–H and O–H groups in total. The highest BCUT2D eigenvalue weighted by Crippen LogP contribution is 2.10. The van der Waals surface area contributed by atoms with E-state index in [2.05, 4.69) is 10.6 Å². The molecule has 0 saturated heterocycles. The Morgan fingerprint density at radius 2 is 1.41 bits per heavy atom. The zero-order valence-corrected chi connectivity index (χ0v) is 19.6. The molecule has 0 heterocycles. The van der Waals surface area contributed by atoms with Gasteiger partial charge in [-0.1, -0.05) is 60.7 Å². The fourth-order valence-electron chi connectivity index (χ4n) is 3.00. The van der Waals surface area contributed by atoms with Crippen LogP contribution in [0.5, 0.6) is 0 Å². The summed E-state index contributed by atoms with van der Waals surface area (Å²) < 4.78 is 10.6. The third-order valence-electron chi connectivity index (χ3n) is 4.52. The van der Waals surface area contributed by atoms with Crippen molar-refractivity contribution in [2.24, 2.45) is 5.73 Å². The van der Waals surface area contributed by atoms with Gasteiger partial charge in [0.05, 0.1) is 6.42 Å². The third-order valence-corrected chi connectivity index (χ3v) is 4.52. The van der Waals surface area contributed by atoms with Crippen LogP contribution in [-0.2, 0) is 36.9 Å². The lowest BCUT2D eigenvalue weighted by Crippen LogP contribution is -2.54. The van der Waals surface area contributed by atoms with Gasteiger partial charge in [-0.25, -0.2) is 9.59 Å². The topological polar surface area (TPSA) is 137 Å². The molecule has 0 bridgehead atoms. The van der Waals surface area contributed by atoms with Crippen LogP contribution in [0, 0.1) is 0 Å². The number of alkyl carbamates (subject to hydrolysis) is 1. The van der Waals surface area contributed by atoms with Crippen LogP contribution in [0.4, 0.5) is 4.79 Å². The summed E-state index contributed by atoms with van der Waals surface area (Å²) in [5, 5.41) is 4.93. The van der Waals surface area contributed by atoms with E-state index in [1.807, 2.05) is 60.7 Å². The molecule has 9 nitrogen and oxygen atoms in total. The molecule has 182 valence electrons. The fourth-order valence-corrected chi connectivity index (χ4v) is 3.00. The predicted molar refractivity (Wildman–Crippen MR) is 125 cm³/mol. The van der Waals surface area contributed by atoms with Gasteiger partial charge >= 0.3 is 12.1 Å². The minimum Gasteiger partial charge on any atom is -0.459 e. The van der Waals surface area contributed by atoms with Crippen molar-refractivity contribution >= 4 is 23.9 Å². The fraction of sp³-hybridized carbons (Fsp3) is 0.360. The number of hydrogen-bond acceptors (Lipinski definition) is 6. The molecule has 0 aromatic heterocycles. The van der Waals surface area contributed by atoms with Gasteiger partial charge in [0, 0.05) is 6.42 Å². The number of carbonyl (C=O) groups is 4. The molecule has 2 rings (SSSR count). The Hall–Kier alpha value is -3.88. The van der Waals surface area contributed by atoms with Gasteiger partial charge in [0.1, 0.15) is 24.3 Å². The molecule has 2 aromatic carbocycles. The summed E-state index contributed by atoms with van der Waals surface area (Å²) in [7, 11) is 0. The molecule has 0 unspecified atom stereocenters. The van der Waals surface area contributed by atoms with Crippen molar-refractivity contribution in [3.05, 3.63) is 71.8 Å². The summed E-state index contributed by atoms with van der Waals surface area (Å²) in [6.07, 6.45) is -1.21. The van der Waals surface area contributed by atoms with Crippen molar-refractivity contribution in [3.63, 3.8) is 0 Å². The Balaban J connectivity index is 2.14. The number of amides is 3. The van der Waals surface area contributed by atoms with Crippen molar-refractivity contribution in [2.75, 3.05) is 0 Å². The Morgan fingerprint density at radius 3 is 1.94 bits per heavy atom. The summed E-state index contributed by atoms with van der Waals surface area (Å²) in [4.78, 5) is 49.5. The van der Waals surface area contributed by atoms with Gasteiger partial charge in [-0.15, -0.1) is 0 Å². The summed E-state index contributed by atoms with van der Waals surface area (Å²) in [6.45, 7) is 5.01. The first kappa shape index (κ1) is 26.4. The molecule has 2 aromatic rings. The van der Waals surface area contributed by atoms with E-state index in [9.17, 15) is 19.2 Å². The van der Waals surface area contributed by atoms with Gasteiger partial charge in [0.25, 0.3) is 0 Å². The molecule has 9 heteroatoms. The van der Waals surface area contributed by atoms with Crippen LogP contribution in [0.15, 0.2) is 60.7 Å². The Kier molecular flexibility index (Phi) is 9.61. The number of rotatable bonds is 10. The average Bonchev–Trinajstić information content (AvgIpc) is 2.76. The number of ether oxygens (including phenoxy) is 2. The zero-order chi connectivity index (χ0) is 25.1. The normalized spacial score (nSPS) is 12.7. The van der Waals surface area contributed by atoms with Gasteiger partial charge in [-0.05, 0) is 31.9 Å². The van der Waals surface area contributed by atoms with Gasteiger partial charge in [0.2, 0.25) is 11.8 Å². The molecule has 0 aliphatic rings. The number of carbonyl (C=O) groups excluding carboxylic acids is 4. The number of esters is 1. The lowest BCUT2D eigenvalue weighted by Gasteiger charge is -2.24. The molecular weight excluding hydrogens is 438 g/mol. The Bertz CT molecular complexity index is 973. The van der Waals surface area contributed by atoms with E-state index in [-0.39, 0.29) is 13.0 Å². The van der Waals surface area contributed by atoms with Crippen LogP contribution in [0.2, 0.25) is 0 Å². The SMILES string of the molecule is CC(C)(C)OC(=O)N[C@@H](CC(N)=O)C(=O)N[C@@H](Cc1ccccc1)C(=O)OCc1ccccc1. The summed E-state index contributed by atoms with van der Waals surface area (Å²) in [5.74, 6) is -2.22. The lowest BCUT2D eigenvalue weighted by atomic mass is 10.0. The van der Waals surface area contributed by atoms with E-state index in [1.165, 1.54) is 0 Å². The number of benzene rings is 2. The second-order valence-electron chi connectivity index (χ2n) is 8.71. The second-order valence-corrected chi connectivity index (χ2v) is 8.71. The van der Waals surface area contributed by atoms with E-state index < -0.39 is 48.0 Å². The van der Waals surface area contributed by atoms with E-state index >= 15 is 0 Å². The van der Waals surface area contributed by atoms with Gasteiger partial charge in [-0.3, -0.25) is 9.59 Å². The summed E-state index contributed by atoms with van der Waals surface area (Å²) >= 11 is 0. The highest BCUT2D eigenvalue weighted by molar-refractivity contribution is 5.93. The molecule has 0 aliphatic carbocycles. The van der Waals surface area contributed by atoms with E-state index in [4.69, 9.17) is 15.2 Å². The molecule has 0 aliphatic heterocycles. The van der Waals surface area contributed by atoms with E-state index in [1.54, 1.807) is 20.8 Å². The number of primary amides is 1. The monoisotopic (exact) mass is 469 g/mol. The Morgan fingerprint density at radius 1 is 0.853 bits per heavy atom. The molecule has 0 saturated carbocycles. The minimum atomic E-state index is -1.33. The van der Waals surface area contributed by atoms with Gasteiger partial charge in [-0.2, -0.15) is 0 Å². The van der Waals surface area contributed by atoms with E-state index in [0.29, 0.717) is 0 Å². The van der Waals surface area contributed by atoms with Crippen LogP contribution in [-0.4, -0.2) is 41.6 Å². The maximum atomic E-state index is 13.0. The lowest BCUT2D eigenvalue weighted by molar-refractivity contribution is -0.149. The van der Waals surface area contributed by atoms with Crippen molar-refractivity contribution in [2.45, 2.75) is 57.9 Å². The number of nitrogens with two attached hydrogens (primary N) is 1. The van der Waals surface area contributed by atoms with Crippen molar-refractivity contribution in [3.8, 4) is 0 Å². The quantitative estimate of drug-likeness (QED) is 0.457. The first-order valence-corrected chi connectivity index (χ1v) is 10.9. The average molecular weight is 470 g/mol. The maximum absolute atomic E-state index is 13.0.